The molecule has 0 spiro atoms. The molecule has 0 aliphatic rings. The molecule has 1 aromatic carbocycles. The van der Waals surface area contributed by atoms with Crippen molar-refractivity contribution in [2.24, 2.45) is 5.73 Å². The molecule has 0 radical (unpaired) electrons. The lowest BCUT2D eigenvalue weighted by atomic mass is 10.2. The Balaban J connectivity index is 2.28. The van der Waals surface area contributed by atoms with Crippen LogP contribution in [0.4, 0.5) is 0 Å². The fraction of sp³-hybridized carbons (Fsp3) is 0.250. The predicted octanol–water partition coefficient (Wildman–Crippen LogP) is 2.43. The number of nitrogens with two attached hydrogens (primary N) is 1. The summed E-state index contributed by atoms with van der Waals surface area (Å²) in [6.45, 7) is 4.73. The predicted molar refractivity (Wildman–Crippen MR) is 84.1 cm³/mol. The van der Waals surface area contributed by atoms with E-state index in [0.717, 1.165) is 28.0 Å². The Hall–Kier alpha value is -2.40. The summed E-state index contributed by atoms with van der Waals surface area (Å²) in [6.07, 6.45) is 1.70. The number of rotatable bonds is 3. The van der Waals surface area contributed by atoms with E-state index in [1.165, 1.54) is 6.07 Å². The summed E-state index contributed by atoms with van der Waals surface area (Å²) < 4.78 is 2.17. The van der Waals surface area contributed by atoms with Crippen molar-refractivity contribution in [3.8, 4) is 11.4 Å². The van der Waals surface area contributed by atoms with Crippen LogP contribution in [0.3, 0.4) is 0 Å². The number of fused-ring (bicyclic) bond motifs is 1. The van der Waals surface area contributed by atoms with E-state index >= 15 is 0 Å². The Morgan fingerprint density at radius 1 is 1.29 bits per heavy atom. The first-order valence-corrected chi connectivity index (χ1v) is 7.00. The first-order chi connectivity index (χ1) is 10.1. The lowest BCUT2D eigenvalue weighted by Crippen LogP contribution is -2.06. The van der Waals surface area contributed by atoms with Crippen molar-refractivity contribution in [2.75, 3.05) is 0 Å². The van der Waals surface area contributed by atoms with Crippen LogP contribution in [0.25, 0.3) is 22.4 Å². The van der Waals surface area contributed by atoms with Gasteiger partial charge in [0.05, 0.1) is 11.0 Å². The second-order valence-corrected chi connectivity index (χ2v) is 5.37. The maximum Gasteiger partial charge on any atom is 0.247 e. The van der Waals surface area contributed by atoms with Crippen LogP contribution in [0.2, 0.25) is 0 Å². The first-order valence-electron chi connectivity index (χ1n) is 7.00. The third-order valence-electron chi connectivity index (χ3n) is 3.55. The largest absolute Gasteiger partial charge is 0.328 e. The highest BCUT2D eigenvalue weighted by atomic mass is 16.1. The Morgan fingerprint density at radius 3 is 2.71 bits per heavy atom. The van der Waals surface area contributed by atoms with Crippen LogP contribution in [0, 0.1) is 0 Å². The van der Waals surface area contributed by atoms with E-state index < -0.39 is 0 Å². The van der Waals surface area contributed by atoms with E-state index in [2.05, 4.69) is 29.5 Å². The monoisotopic (exact) mass is 282 g/mol. The Kier molecular flexibility index (Phi) is 3.35. The fourth-order valence-electron chi connectivity index (χ4n) is 2.55. The molecule has 0 unspecified atom stereocenters. The summed E-state index contributed by atoms with van der Waals surface area (Å²) >= 11 is 0. The second kappa shape index (κ2) is 5.18. The Labute approximate surface area is 122 Å². The van der Waals surface area contributed by atoms with E-state index in [0.29, 0.717) is 6.54 Å². The number of nitrogens with zero attached hydrogens (tertiary/aromatic N) is 2. The van der Waals surface area contributed by atoms with Crippen molar-refractivity contribution in [1.29, 1.82) is 0 Å². The molecule has 2 heterocycles. The van der Waals surface area contributed by atoms with Gasteiger partial charge in [-0.1, -0.05) is 6.07 Å². The number of aromatic amines is 1. The number of benzene rings is 1. The molecule has 0 saturated heterocycles. The third kappa shape index (κ3) is 2.36. The summed E-state index contributed by atoms with van der Waals surface area (Å²) in [4.78, 5) is 18.7. The molecular formula is C16H18N4O. The van der Waals surface area contributed by atoms with Crippen molar-refractivity contribution in [1.82, 2.24) is 14.5 Å². The van der Waals surface area contributed by atoms with Crippen LogP contribution in [-0.2, 0) is 6.54 Å². The summed E-state index contributed by atoms with van der Waals surface area (Å²) in [5.74, 6) is 0.852. The minimum atomic E-state index is -0.114. The third-order valence-corrected chi connectivity index (χ3v) is 3.55. The van der Waals surface area contributed by atoms with E-state index in [-0.39, 0.29) is 11.6 Å². The standard InChI is InChI=1S/C16H18N4O/c1-10(2)20-14-5-3-11(8-17)7-13(14)19-16(20)12-4-6-15(21)18-9-12/h3-7,9-10H,8,17H2,1-2H3,(H,18,21). The molecule has 0 amide bonds. The van der Waals surface area contributed by atoms with Gasteiger partial charge in [0, 0.05) is 30.4 Å². The van der Waals surface area contributed by atoms with Crippen LogP contribution >= 0.6 is 0 Å². The number of hydrogen-bond donors (Lipinski definition) is 2. The van der Waals surface area contributed by atoms with Crippen LogP contribution in [0.15, 0.2) is 41.3 Å². The van der Waals surface area contributed by atoms with E-state index in [9.17, 15) is 4.79 Å². The molecule has 3 N–H and O–H groups in total. The lowest BCUT2D eigenvalue weighted by Gasteiger charge is -2.13. The molecule has 3 rings (SSSR count). The van der Waals surface area contributed by atoms with Crippen molar-refractivity contribution in [3.63, 3.8) is 0 Å². The zero-order valence-corrected chi connectivity index (χ0v) is 12.1. The molecule has 5 nitrogen and oxygen atoms in total. The SMILES string of the molecule is CC(C)n1c(-c2ccc(=O)[nH]c2)nc2cc(CN)ccc21. The van der Waals surface area contributed by atoms with Gasteiger partial charge < -0.3 is 15.3 Å². The number of H-pyrrole nitrogens is 1. The van der Waals surface area contributed by atoms with Gasteiger partial charge in [0.1, 0.15) is 5.82 Å². The number of hydrogen-bond acceptors (Lipinski definition) is 3. The fourth-order valence-corrected chi connectivity index (χ4v) is 2.55. The highest BCUT2D eigenvalue weighted by molar-refractivity contribution is 5.81. The summed E-state index contributed by atoms with van der Waals surface area (Å²) in [5, 5.41) is 0. The topological polar surface area (TPSA) is 76.7 Å². The lowest BCUT2D eigenvalue weighted by molar-refractivity contribution is 0.624. The molecule has 0 bridgehead atoms. The highest BCUT2D eigenvalue weighted by Crippen LogP contribution is 2.28. The highest BCUT2D eigenvalue weighted by Gasteiger charge is 2.15. The van der Waals surface area contributed by atoms with Gasteiger partial charge in [-0.15, -0.1) is 0 Å². The van der Waals surface area contributed by atoms with Gasteiger partial charge in [0.25, 0.3) is 0 Å². The molecular weight excluding hydrogens is 264 g/mol. The molecule has 0 fully saturated rings. The Morgan fingerprint density at radius 2 is 2.10 bits per heavy atom. The first kappa shape index (κ1) is 13.6. The maximum absolute atomic E-state index is 11.2. The molecule has 0 aliphatic heterocycles. The second-order valence-electron chi connectivity index (χ2n) is 5.37. The smallest absolute Gasteiger partial charge is 0.247 e. The number of aromatic nitrogens is 3. The molecule has 2 aromatic heterocycles. The minimum Gasteiger partial charge on any atom is -0.328 e. The molecule has 3 aromatic rings. The molecule has 0 aliphatic carbocycles. The maximum atomic E-state index is 11.2. The molecule has 0 saturated carbocycles. The van der Waals surface area contributed by atoms with E-state index in [1.807, 2.05) is 12.1 Å². The zero-order valence-electron chi connectivity index (χ0n) is 12.1. The molecule has 0 atom stereocenters. The summed E-state index contributed by atoms with van der Waals surface area (Å²) in [7, 11) is 0. The number of pyridine rings is 1. The van der Waals surface area contributed by atoms with Gasteiger partial charge >= 0.3 is 0 Å². The van der Waals surface area contributed by atoms with Crippen LogP contribution in [0.1, 0.15) is 25.5 Å². The number of imidazole rings is 1. The van der Waals surface area contributed by atoms with E-state index in [1.54, 1.807) is 12.3 Å². The minimum absolute atomic E-state index is 0.114. The average Bonchev–Trinajstić information content (AvgIpc) is 2.86. The van der Waals surface area contributed by atoms with Crippen molar-refractivity contribution in [2.45, 2.75) is 26.4 Å². The van der Waals surface area contributed by atoms with Gasteiger partial charge in [-0.2, -0.15) is 0 Å². The zero-order chi connectivity index (χ0) is 15.0. The summed E-state index contributed by atoms with van der Waals surface area (Å²) in [6, 6.07) is 9.68. The van der Waals surface area contributed by atoms with Crippen molar-refractivity contribution < 1.29 is 0 Å². The summed E-state index contributed by atoms with van der Waals surface area (Å²) in [5.41, 5.74) is 9.54. The van der Waals surface area contributed by atoms with Crippen LogP contribution in [-0.4, -0.2) is 14.5 Å². The van der Waals surface area contributed by atoms with Crippen molar-refractivity contribution in [3.05, 3.63) is 52.4 Å². The normalized spacial score (nSPS) is 11.4. The molecule has 21 heavy (non-hydrogen) atoms. The van der Waals surface area contributed by atoms with Crippen LogP contribution in [0.5, 0.6) is 0 Å². The van der Waals surface area contributed by atoms with Gasteiger partial charge in [-0.05, 0) is 37.6 Å². The van der Waals surface area contributed by atoms with Gasteiger partial charge in [-0.3, -0.25) is 4.79 Å². The van der Waals surface area contributed by atoms with E-state index in [4.69, 9.17) is 10.7 Å². The molecule has 5 heteroatoms. The van der Waals surface area contributed by atoms with Crippen LogP contribution < -0.4 is 11.3 Å². The van der Waals surface area contributed by atoms with Gasteiger partial charge in [-0.25, -0.2) is 4.98 Å². The van der Waals surface area contributed by atoms with Crippen molar-refractivity contribution >= 4 is 11.0 Å². The average molecular weight is 282 g/mol. The Bertz CT molecular complexity index is 825. The molecule has 108 valence electrons. The van der Waals surface area contributed by atoms with Gasteiger partial charge in [0.15, 0.2) is 0 Å². The number of nitrogens with one attached hydrogen (secondary N) is 1. The quantitative estimate of drug-likeness (QED) is 0.774. The van der Waals surface area contributed by atoms with Gasteiger partial charge in [0.2, 0.25) is 5.56 Å².